The van der Waals surface area contributed by atoms with E-state index in [0.717, 1.165) is 0 Å². The topological polar surface area (TPSA) is 104 Å². The van der Waals surface area contributed by atoms with E-state index in [2.05, 4.69) is 15.5 Å². The lowest BCUT2D eigenvalue weighted by molar-refractivity contribution is 0.437. The maximum atomic E-state index is 11.2. The van der Waals surface area contributed by atoms with Crippen LogP contribution in [-0.2, 0) is 22.9 Å². The molecular formula is C7H13N5O2S. The van der Waals surface area contributed by atoms with Gasteiger partial charge in [0.05, 0.1) is 18.1 Å². The Balaban J connectivity index is 2.04. The highest BCUT2D eigenvalue weighted by Gasteiger charge is 2.28. The SMILES string of the molecule is NCc1nnnn1CC1CCS(=O)(=O)C1. The Hall–Kier alpha value is -1.02. The Bertz CT molecular complexity index is 440. The van der Waals surface area contributed by atoms with E-state index in [-0.39, 0.29) is 24.0 Å². The number of hydrogen-bond donors (Lipinski definition) is 1. The molecule has 2 rings (SSSR count). The van der Waals surface area contributed by atoms with E-state index in [1.807, 2.05) is 0 Å². The molecule has 1 aliphatic rings. The van der Waals surface area contributed by atoms with Crippen molar-refractivity contribution in [2.45, 2.75) is 19.5 Å². The highest BCUT2D eigenvalue weighted by molar-refractivity contribution is 7.91. The summed E-state index contributed by atoms with van der Waals surface area (Å²) < 4.78 is 24.1. The number of rotatable bonds is 3. The minimum absolute atomic E-state index is 0.115. The standard InChI is InChI=1S/C7H13N5O2S/c8-3-7-9-10-11-12(7)4-6-1-2-15(13,14)5-6/h6H,1-5,8H2. The predicted molar refractivity (Wildman–Crippen MR) is 52.5 cm³/mol. The van der Waals surface area contributed by atoms with Crippen LogP contribution in [0.1, 0.15) is 12.2 Å². The van der Waals surface area contributed by atoms with Gasteiger partial charge in [-0.25, -0.2) is 13.1 Å². The number of aromatic nitrogens is 4. The normalized spacial score (nSPS) is 24.5. The van der Waals surface area contributed by atoms with Crippen LogP contribution < -0.4 is 5.73 Å². The maximum Gasteiger partial charge on any atom is 0.164 e. The molecule has 15 heavy (non-hydrogen) atoms. The average molecular weight is 231 g/mol. The largest absolute Gasteiger partial charge is 0.324 e. The Labute approximate surface area is 87.6 Å². The molecule has 84 valence electrons. The molecule has 1 saturated heterocycles. The zero-order valence-corrected chi connectivity index (χ0v) is 9.02. The monoisotopic (exact) mass is 231 g/mol. The Morgan fingerprint density at radius 2 is 2.33 bits per heavy atom. The third-order valence-corrected chi connectivity index (χ3v) is 4.38. The molecule has 0 spiro atoms. The van der Waals surface area contributed by atoms with E-state index in [9.17, 15) is 8.42 Å². The van der Waals surface area contributed by atoms with Crippen molar-refractivity contribution >= 4 is 9.84 Å². The van der Waals surface area contributed by atoms with E-state index < -0.39 is 9.84 Å². The lowest BCUT2D eigenvalue weighted by Gasteiger charge is -2.07. The summed E-state index contributed by atoms with van der Waals surface area (Å²) in [5, 5.41) is 11.0. The average Bonchev–Trinajstić information content (AvgIpc) is 2.73. The van der Waals surface area contributed by atoms with E-state index in [4.69, 9.17) is 5.73 Å². The molecule has 1 aliphatic heterocycles. The highest BCUT2D eigenvalue weighted by Crippen LogP contribution is 2.19. The molecule has 0 radical (unpaired) electrons. The van der Waals surface area contributed by atoms with Gasteiger partial charge in [-0.2, -0.15) is 0 Å². The third kappa shape index (κ3) is 2.32. The van der Waals surface area contributed by atoms with Crippen molar-refractivity contribution in [2.75, 3.05) is 11.5 Å². The van der Waals surface area contributed by atoms with Crippen molar-refractivity contribution in [2.24, 2.45) is 11.7 Å². The summed E-state index contributed by atoms with van der Waals surface area (Å²) in [6.45, 7) is 0.811. The van der Waals surface area contributed by atoms with Gasteiger partial charge in [0.15, 0.2) is 15.7 Å². The molecule has 8 heteroatoms. The number of sulfone groups is 1. The fraction of sp³-hybridized carbons (Fsp3) is 0.857. The number of hydrogen-bond acceptors (Lipinski definition) is 6. The third-order valence-electron chi connectivity index (χ3n) is 2.55. The van der Waals surface area contributed by atoms with Crippen LogP contribution in [0, 0.1) is 5.92 Å². The molecule has 1 aromatic rings. The first-order chi connectivity index (χ1) is 7.11. The van der Waals surface area contributed by atoms with Crippen LogP contribution in [0.15, 0.2) is 0 Å². The molecule has 0 aliphatic carbocycles. The summed E-state index contributed by atoms with van der Waals surface area (Å²) in [5.41, 5.74) is 5.44. The van der Waals surface area contributed by atoms with Crippen LogP contribution in [-0.4, -0.2) is 40.1 Å². The molecule has 1 unspecified atom stereocenters. The summed E-state index contributed by atoms with van der Waals surface area (Å²) >= 11 is 0. The van der Waals surface area contributed by atoms with Gasteiger partial charge in [0.25, 0.3) is 0 Å². The second-order valence-corrected chi connectivity index (χ2v) is 5.98. The molecule has 0 aromatic carbocycles. The van der Waals surface area contributed by atoms with Gasteiger partial charge < -0.3 is 5.73 Å². The molecule has 1 fully saturated rings. The van der Waals surface area contributed by atoms with Crippen LogP contribution in [0.2, 0.25) is 0 Å². The number of tetrazole rings is 1. The van der Waals surface area contributed by atoms with Gasteiger partial charge in [0.2, 0.25) is 0 Å². The Morgan fingerprint density at radius 1 is 1.53 bits per heavy atom. The van der Waals surface area contributed by atoms with Crippen molar-refractivity contribution in [3.8, 4) is 0 Å². The highest BCUT2D eigenvalue weighted by atomic mass is 32.2. The van der Waals surface area contributed by atoms with E-state index in [0.29, 0.717) is 18.8 Å². The van der Waals surface area contributed by atoms with Gasteiger partial charge in [0.1, 0.15) is 0 Å². The summed E-state index contributed by atoms with van der Waals surface area (Å²) in [6, 6.07) is 0. The smallest absolute Gasteiger partial charge is 0.164 e. The van der Waals surface area contributed by atoms with Gasteiger partial charge in [-0.05, 0) is 22.8 Å². The summed E-state index contributed by atoms with van der Waals surface area (Å²) in [5.74, 6) is 1.22. The molecule has 0 saturated carbocycles. The summed E-state index contributed by atoms with van der Waals surface area (Å²) in [4.78, 5) is 0. The molecule has 1 atom stereocenters. The molecule has 2 N–H and O–H groups in total. The van der Waals surface area contributed by atoms with E-state index in [1.165, 1.54) is 0 Å². The van der Waals surface area contributed by atoms with Crippen molar-refractivity contribution in [3.05, 3.63) is 5.82 Å². The first kappa shape index (κ1) is 10.5. The molecule has 0 amide bonds. The fourth-order valence-corrected chi connectivity index (χ4v) is 3.62. The van der Waals surface area contributed by atoms with Crippen LogP contribution in [0.5, 0.6) is 0 Å². The molecular weight excluding hydrogens is 218 g/mol. The predicted octanol–water partition coefficient (Wildman–Crippen LogP) is -1.43. The van der Waals surface area contributed by atoms with E-state index >= 15 is 0 Å². The quantitative estimate of drug-likeness (QED) is 0.683. The van der Waals surface area contributed by atoms with Gasteiger partial charge in [-0.3, -0.25) is 0 Å². The Kier molecular flexibility index (Phi) is 2.70. The lowest BCUT2D eigenvalue weighted by atomic mass is 10.1. The van der Waals surface area contributed by atoms with Gasteiger partial charge >= 0.3 is 0 Å². The van der Waals surface area contributed by atoms with Gasteiger partial charge in [0, 0.05) is 6.54 Å². The van der Waals surface area contributed by atoms with Crippen molar-refractivity contribution in [3.63, 3.8) is 0 Å². The van der Waals surface area contributed by atoms with Crippen LogP contribution in [0.3, 0.4) is 0 Å². The fourth-order valence-electron chi connectivity index (χ4n) is 1.77. The van der Waals surface area contributed by atoms with Crippen molar-refractivity contribution < 1.29 is 8.42 Å². The summed E-state index contributed by atoms with van der Waals surface area (Å²) in [7, 11) is -2.83. The minimum atomic E-state index is -2.83. The molecule has 2 heterocycles. The van der Waals surface area contributed by atoms with Gasteiger partial charge in [-0.15, -0.1) is 5.10 Å². The Morgan fingerprint density at radius 3 is 2.93 bits per heavy atom. The van der Waals surface area contributed by atoms with Crippen LogP contribution in [0.4, 0.5) is 0 Å². The minimum Gasteiger partial charge on any atom is -0.324 e. The molecule has 1 aromatic heterocycles. The van der Waals surface area contributed by atoms with Crippen LogP contribution in [0.25, 0.3) is 0 Å². The summed E-state index contributed by atoms with van der Waals surface area (Å²) in [6.07, 6.45) is 0.687. The van der Waals surface area contributed by atoms with Crippen molar-refractivity contribution in [1.29, 1.82) is 0 Å². The lowest BCUT2D eigenvalue weighted by Crippen LogP contribution is -2.17. The molecule has 7 nitrogen and oxygen atoms in total. The van der Waals surface area contributed by atoms with E-state index in [1.54, 1.807) is 4.68 Å². The first-order valence-electron chi connectivity index (χ1n) is 4.76. The van der Waals surface area contributed by atoms with Crippen molar-refractivity contribution in [1.82, 2.24) is 20.2 Å². The molecule has 0 bridgehead atoms. The maximum absolute atomic E-state index is 11.2. The van der Waals surface area contributed by atoms with Gasteiger partial charge in [-0.1, -0.05) is 0 Å². The second-order valence-electron chi connectivity index (χ2n) is 3.75. The van der Waals surface area contributed by atoms with Crippen LogP contribution >= 0.6 is 0 Å². The zero-order valence-electron chi connectivity index (χ0n) is 8.20. The zero-order chi connectivity index (χ0) is 10.9. The number of nitrogens with two attached hydrogens (primary N) is 1. The first-order valence-corrected chi connectivity index (χ1v) is 6.58. The second kappa shape index (κ2) is 3.86. The number of nitrogens with zero attached hydrogens (tertiary/aromatic N) is 4.